The van der Waals surface area contributed by atoms with E-state index in [0.717, 1.165) is 11.3 Å². The Kier molecular flexibility index (Phi) is 4.29. The van der Waals surface area contributed by atoms with Gasteiger partial charge in [0.15, 0.2) is 0 Å². The lowest BCUT2D eigenvalue weighted by Gasteiger charge is -2.10. The molecule has 0 N–H and O–H groups in total. The highest BCUT2D eigenvalue weighted by molar-refractivity contribution is 6.01. The zero-order valence-corrected chi connectivity index (χ0v) is 10.9. The minimum atomic E-state index is -0.677. The largest absolute Gasteiger partial charge is 0.392 e. The summed E-state index contributed by atoms with van der Waals surface area (Å²) in [7, 11) is 0. The van der Waals surface area contributed by atoms with Crippen LogP contribution < -0.4 is 0 Å². The number of oxime groups is 1. The molecule has 104 valence electrons. The fraction of sp³-hybridized carbons (Fsp3) is 0.385. The summed E-state index contributed by atoms with van der Waals surface area (Å²) in [4.78, 5) is 36.9. The highest BCUT2D eigenvalue weighted by Gasteiger charge is 2.27. The van der Waals surface area contributed by atoms with Gasteiger partial charge in [0.05, 0.1) is 5.71 Å². The predicted molar refractivity (Wildman–Crippen MR) is 72.5 cm³/mol. The van der Waals surface area contributed by atoms with Crippen molar-refractivity contribution in [3.63, 3.8) is 0 Å². The first kappa shape index (κ1) is 14.0. The number of amides is 1. The van der Waals surface area contributed by atoms with Gasteiger partial charge in [-0.1, -0.05) is 24.2 Å². The van der Waals surface area contributed by atoms with Crippen molar-refractivity contribution in [2.75, 3.05) is 0 Å². The molecule has 1 aliphatic heterocycles. The van der Waals surface area contributed by atoms with Gasteiger partial charge in [0, 0.05) is 17.5 Å². The van der Waals surface area contributed by atoms with Gasteiger partial charge in [-0.05, 0) is 29.3 Å². The molecule has 0 aliphatic carbocycles. The van der Waals surface area contributed by atoms with Crippen LogP contribution in [-0.2, 0) is 9.63 Å². The Balaban J connectivity index is 1.95. The van der Waals surface area contributed by atoms with Crippen molar-refractivity contribution >= 4 is 17.3 Å². The fourth-order valence-electron chi connectivity index (χ4n) is 2.03. The number of carbonyl (C=O) groups excluding carboxylic acids is 1. The molecule has 0 saturated carbocycles. The lowest BCUT2D eigenvalue weighted by molar-refractivity contribution is -0.122. The van der Waals surface area contributed by atoms with Crippen LogP contribution in [0.1, 0.15) is 25.3 Å². The van der Waals surface area contributed by atoms with Crippen LogP contribution in [-0.4, -0.2) is 17.7 Å². The maximum absolute atomic E-state index is 11.1. The summed E-state index contributed by atoms with van der Waals surface area (Å²) in [5, 5.41) is 9.20. The summed E-state index contributed by atoms with van der Waals surface area (Å²) in [5.74, 6) is -1.16. The third-order valence-corrected chi connectivity index (χ3v) is 3.17. The molecule has 1 heterocycles. The predicted octanol–water partition coefficient (Wildman–Crippen LogP) is 2.90. The van der Waals surface area contributed by atoms with E-state index in [1.807, 2.05) is 0 Å². The summed E-state index contributed by atoms with van der Waals surface area (Å²) in [6, 6.07) is 6.67. The number of hydrogen-bond donors (Lipinski definition) is 0. The van der Waals surface area contributed by atoms with Gasteiger partial charge in [0.1, 0.15) is 11.8 Å². The van der Waals surface area contributed by atoms with Crippen LogP contribution in [0.5, 0.6) is 0 Å². The average Bonchev–Trinajstić information content (AvgIpc) is 2.94. The monoisotopic (exact) mass is 275 g/mol. The zero-order chi connectivity index (χ0) is 14.5. The molecule has 1 aliphatic rings. The molecule has 0 saturated heterocycles. The molecule has 2 rings (SSSR count). The maximum atomic E-state index is 11.1. The van der Waals surface area contributed by atoms with Gasteiger partial charge in [-0.15, -0.1) is 9.81 Å². The lowest BCUT2D eigenvalue weighted by atomic mass is 9.97. The van der Waals surface area contributed by atoms with Gasteiger partial charge >= 0.3 is 0 Å². The van der Waals surface area contributed by atoms with Crippen LogP contribution in [0.2, 0.25) is 0 Å². The second-order valence-electron chi connectivity index (χ2n) is 4.67. The molecule has 0 radical (unpaired) electrons. The second kappa shape index (κ2) is 6.14. The standard InChI is InChI=1S/C13H13N3O4/c1-8(13(17)15-19)6-11-7-12(16-20-11)9-2-4-10(14-18)5-3-9/h2-5,8,11H,6-7H2,1H3. The third-order valence-electron chi connectivity index (χ3n) is 3.17. The molecule has 0 fully saturated rings. The molecule has 20 heavy (non-hydrogen) atoms. The van der Waals surface area contributed by atoms with Crippen molar-refractivity contribution in [3.05, 3.63) is 39.6 Å². The fourth-order valence-corrected chi connectivity index (χ4v) is 2.03. The number of nitroso groups, excluding NO2 is 2. The summed E-state index contributed by atoms with van der Waals surface area (Å²) in [5.41, 5.74) is 1.93. The first-order valence-corrected chi connectivity index (χ1v) is 6.17. The molecule has 0 spiro atoms. The third kappa shape index (κ3) is 3.11. The Bertz CT molecular complexity index is 553. The molecule has 1 aromatic rings. The molecule has 0 bridgehead atoms. The van der Waals surface area contributed by atoms with Gasteiger partial charge < -0.3 is 4.84 Å². The highest BCUT2D eigenvalue weighted by Crippen LogP contribution is 2.23. The topological polar surface area (TPSA) is 97.5 Å². The molecule has 7 heteroatoms. The van der Waals surface area contributed by atoms with Crippen LogP contribution in [0.25, 0.3) is 0 Å². The number of rotatable bonds is 5. The molecule has 1 amide bonds. The van der Waals surface area contributed by atoms with E-state index in [0.29, 0.717) is 18.5 Å². The van der Waals surface area contributed by atoms with Crippen LogP contribution in [0, 0.1) is 15.7 Å². The molecule has 2 atom stereocenters. The highest BCUT2D eigenvalue weighted by atomic mass is 16.6. The quantitative estimate of drug-likeness (QED) is 0.771. The summed E-state index contributed by atoms with van der Waals surface area (Å²) in [6.45, 7) is 1.63. The van der Waals surface area contributed by atoms with E-state index in [1.165, 1.54) is 0 Å². The SMILES string of the molecule is CC(CC1CC(c2ccc(N=O)cc2)=NO1)C(=O)N=O. The lowest BCUT2D eigenvalue weighted by Crippen LogP contribution is -2.17. The van der Waals surface area contributed by atoms with Crippen LogP contribution in [0.4, 0.5) is 5.69 Å². The van der Waals surface area contributed by atoms with Crippen molar-refractivity contribution in [3.8, 4) is 0 Å². The van der Waals surface area contributed by atoms with Gasteiger partial charge in [-0.3, -0.25) is 4.79 Å². The Hall–Kier alpha value is -2.44. The minimum absolute atomic E-state index is 0.241. The normalized spacial score (nSPS) is 18.9. The number of nitrogens with zero attached hydrogens (tertiary/aromatic N) is 3. The van der Waals surface area contributed by atoms with Crippen molar-refractivity contribution in [1.29, 1.82) is 0 Å². The minimum Gasteiger partial charge on any atom is -0.392 e. The van der Waals surface area contributed by atoms with E-state index in [9.17, 15) is 14.6 Å². The number of hydrogen-bond acceptors (Lipinski definition) is 6. The Morgan fingerprint density at radius 2 is 2.10 bits per heavy atom. The van der Waals surface area contributed by atoms with E-state index in [4.69, 9.17) is 4.84 Å². The molecule has 0 aromatic heterocycles. The van der Waals surface area contributed by atoms with Crippen molar-refractivity contribution in [1.82, 2.24) is 0 Å². The van der Waals surface area contributed by atoms with Gasteiger partial charge in [0.25, 0.3) is 5.91 Å². The first-order chi connectivity index (χ1) is 9.63. The summed E-state index contributed by atoms with van der Waals surface area (Å²) < 4.78 is 0. The average molecular weight is 275 g/mol. The smallest absolute Gasteiger partial charge is 0.289 e. The Labute approximate surface area is 114 Å². The molecular formula is C13H13N3O4. The van der Waals surface area contributed by atoms with Gasteiger partial charge in [-0.2, -0.15) is 0 Å². The van der Waals surface area contributed by atoms with Crippen LogP contribution >= 0.6 is 0 Å². The van der Waals surface area contributed by atoms with E-state index < -0.39 is 11.8 Å². The first-order valence-electron chi connectivity index (χ1n) is 6.17. The number of carbonyl (C=O) groups is 1. The molecule has 1 aromatic carbocycles. The van der Waals surface area contributed by atoms with E-state index in [-0.39, 0.29) is 6.10 Å². The van der Waals surface area contributed by atoms with Gasteiger partial charge in [-0.25, -0.2) is 0 Å². The van der Waals surface area contributed by atoms with Gasteiger partial charge in [0.2, 0.25) is 0 Å². The zero-order valence-electron chi connectivity index (χ0n) is 10.9. The van der Waals surface area contributed by atoms with Crippen LogP contribution in [0.15, 0.2) is 39.8 Å². The van der Waals surface area contributed by atoms with Crippen molar-refractivity contribution in [2.45, 2.75) is 25.9 Å². The molecular weight excluding hydrogens is 262 g/mol. The van der Waals surface area contributed by atoms with Crippen molar-refractivity contribution in [2.24, 2.45) is 21.4 Å². The molecule has 7 nitrogen and oxygen atoms in total. The summed E-state index contributed by atoms with van der Waals surface area (Å²) in [6.07, 6.45) is 0.699. The Morgan fingerprint density at radius 1 is 1.40 bits per heavy atom. The second-order valence-corrected chi connectivity index (χ2v) is 4.67. The van der Waals surface area contributed by atoms with E-state index in [2.05, 4.69) is 15.5 Å². The summed E-state index contributed by atoms with van der Waals surface area (Å²) >= 11 is 0. The number of benzene rings is 1. The maximum Gasteiger partial charge on any atom is 0.289 e. The molecule has 2 unspecified atom stereocenters. The Morgan fingerprint density at radius 3 is 2.70 bits per heavy atom. The van der Waals surface area contributed by atoms with Crippen LogP contribution in [0.3, 0.4) is 0 Å². The van der Waals surface area contributed by atoms with E-state index >= 15 is 0 Å². The van der Waals surface area contributed by atoms with Crippen molar-refractivity contribution < 1.29 is 9.63 Å². The van der Waals surface area contributed by atoms with E-state index in [1.54, 1.807) is 31.2 Å².